The lowest BCUT2D eigenvalue weighted by molar-refractivity contribution is -0.870. The molecule has 0 aromatic carbocycles. The number of allylic oxidation sites excluding steroid dienone is 18. The molecule has 0 fully saturated rings. The van der Waals surface area contributed by atoms with Crippen LogP contribution in [0.4, 0.5) is 0 Å². The summed E-state index contributed by atoms with van der Waals surface area (Å²) in [5, 5.41) is 0. The van der Waals surface area contributed by atoms with Crippen LogP contribution in [-0.2, 0) is 32.7 Å². The van der Waals surface area contributed by atoms with E-state index in [-0.39, 0.29) is 26.1 Å². The Bertz CT molecular complexity index is 1500. The zero-order valence-corrected chi connectivity index (χ0v) is 43.9. The summed E-state index contributed by atoms with van der Waals surface area (Å²) in [5.41, 5.74) is 0. The Balaban J connectivity index is 4.29. The molecular weight excluding hydrogens is 858 g/mol. The predicted molar refractivity (Wildman–Crippen MR) is 282 cm³/mol. The van der Waals surface area contributed by atoms with E-state index in [1.54, 1.807) is 0 Å². The van der Waals surface area contributed by atoms with Crippen molar-refractivity contribution < 1.29 is 42.1 Å². The van der Waals surface area contributed by atoms with Crippen LogP contribution in [0.25, 0.3) is 0 Å². The van der Waals surface area contributed by atoms with Gasteiger partial charge < -0.3 is 27.9 Å². The van der Waals surface area contributed by atoms with E-state index in [1.807, 2.05) is 21.1 Å². The zero-order chi connectivity index (χ0) is 49.2. The monoisotopic (exact) mass is 954 g/mol. The Labute approximate surface area is 410 Å². The third kappa shape index (κ3) is 51.9. The minimum absolute atomic E-state index is 0.0426. The van der Waals surface area contributed by atoms with Crippen molar-refractivity contribution in [3.05, 3.63) is 109 Å². The fraction of sp³-hybridized carbons (Fsp3) is 0.649. The Morgan fingerprint density at radius 2 is 0.851 bits per heavy atom. The minimum atomic E-state index is -4.64. The van der Waals surface area contributed by atoms with E-state index in [1.165, 1.54) is 57.8 Å². The first-order valence-corrected chi connectivity index (χ1v) is 27.6. The maximum atomic E-state index is 12.7. The molecule has 67 heavy (non-hydrogen) atoms. The van der Waals surface area contributed by atoms with Gasteiger partial charge in [-0.05, 0) is 83.5 Å². The fourth-order valence-electron chi connectivity index (χ4n) is 6.53. The molecule has 0 saturated carbocycles. The fourth-order valence-corrected chi connectivity index (χ4v) is 7.26. The van der Waals surface area contributed by atoms with Crippen LogP contribution in [0.15, 0.2) is 109 Å². The van der Waals surface area contributed by atoms with Crippen LogP contribution in [0.5, 0.6) is 0 Å². The molecule has 0 bridgehead atoms. The van der Waals surface area contributed by atoms with Gasteiger partial charge in [0.25, 0.3) is 7.82 Å². The Morgan fingerprint density at radius 1 is 0.478 bits per heavy atom. The van der Waals surface area contributed by atoms with Gasteiger partial charge in [0.15, 0.2) is 6.10 Å². The smallest absolute Gasteiger partial charge is 0.306 e. The average molecular weight is 954 g/mol. The molecule has 0 saturated heterocycles. The summed E-state index contributed by atoms with van der Waals surface area (Å²) >= 11 is 0. The Hall–Kier alpha value is -3.33. The van der Waals surface area contributed by atoms with Crippen LogP contribution < -0.4 is 4.89 Å². The second-order valence-corrected chi connectivity index (χ2v) is 19.6. The number of phosphoric ester groups is 1. The first-order chi connectivity index (χ1) is 32.5. The van der Waals surface area contributed by atoms with Gasteiger partial charge in [0, 0.05) is 12.8 Å². The molecule has 0 N–H and O–H groups in total. The van der Waals surface area contributed by atoms with E-state index in [0.717, 1.165) is 96.3 Å². The van der Waals surface area contributed by atoms with E-state index in [4.69, 9.17) is 18.5 Å². The van der Waals surface area contributed by atoms with Crippen LogP contribution in [-0.4, -0.2) is 70.0 Å². The highest BCUT2D eigenvalue weighted by molar-refractivity contribution is 7.45. The van der Waals surface area contributed by atoms with Gasteiger partial charge in [-0.3, -0.25) is 14.2 Å². The second kappa shape index (κ2) is 47.7. The van der Waals surface area contributed by atoms with Crippen molar-refractivity contribution >= 4 is 19.8 Å². The van der Waals surface area contributed by atoms with Gasteiger partial charge in [0.1, 0.15) is 19.8 Å². The summed E-state index contributed by atoms with van der Waals surface area (Å²) in [7, 11) is 1.13. The highest BCUT2D eigenvalue weighted by atomic mass is 31.2. The largest absolute Gasteiger partial charge is 0.756 e. The predicted octanol–water partition coefficient (Wildman–Crippen LogP) is 15.2. The molecule has 0 rings (SSSR count). The molecule has 0 aromatic heterocycles. The number of hydrogen-bond donors (Lipinski definition) is 0. The number of phosphoric acid groups is 1. The highest BCUT2D eigenvalue weighted by Crippen LogP contribution is 2.38. The van der Waals surface area contributed by atoms with Crippen molar-refractivity contribution in [2.75, 3.05) is 47.5 Å². The van der Waals surface area contributed by atoms with Gasteiger partial charge in [-0.2, -0.15) is 0 Å². The van der Waals surface area contributed by atoms with Crippen molar-refractivity contribution in [1.29, 1.82) is 0 Å². The molecule has 0 aliphatic heterocycles. The molecule has 2 atom stereocenters. The number of esters is 2. The molecule has 0 radical (unpaired) electrons. The number of hydrogen-bond acceptors (Lipinski definition) is 8. The zero-order valence-electron chi connectivity index (χ0n) is 43.1. The number of unbranched alkanes of at least 4 members (excludes halogenated alkanes) is 14. The summed E-state index contributed by atoms with van der Waals surface area (Å²) in [5.74, 6) is -0.880. The summed E-state index contributed by atoms with van der Waals surface area (Å²) in [6.07, 6.45) is 65.6. The first kappa shape index (κ1) is 63.7. The van der Waals surface area contributed by atoms with E-state index in [0.29, 0.717) is 17.4 Å². The molecule has 0 aliphatic rings. The van der Waals surface area contributed by atoms with Gasteiger partial charge in [-0.15, -0.1) is 0 Å². The number of rotatable bonds is 46. The molecule has 0 aliphatic carbocycles. The molecule has 2 unspecified atom stereocenters. The number of quaternary nitrogens is 1. The van der Waals surface area contributed by atoms with Crippen molar-refractivity contribution in [3.63, 3.8) is 0 Å². The Kier molecular flexibility index (Phi) is 45.4. The van der Waals surface area contributed by atoms with Crippen LogP contribution in [0.1, 0.15) is 187 Å². The quantitative estimate of drug-likeness (QED) is 0.0195. The van der Waals surface area contributed by atoms with Gasteiger partial charge in [-0.1, -0.05) is 200 Å². The van der Waals surface area contributed by atoms with E-state index >= 15 is 0 Å². The number of nitrogens with zero attached hydrogens (tertiary/aromatic N) is 1. The Morgan fingerprint density at radius 3 is 1.27 bits per heavy atom. The third-order valence-electron chi connectivity index (χ3n) is 10.6. The summed E-state index contributed by atoms with van der Waals surface area (Å²) in [6.45, 7) is 4.05. The number of carbonyl (C=O) groups is 2. The lowest BCUT2D eigenvalue weighted by Gasteiger charge is -2.28. The number of carbonyl (C=O) groups excluding carboxylic acids is 2. The third-order valence-corrected chi connectivity index (χ3v) is 11.5. The average Bonchev–Trinajstić information content (AvgIpc) is 3.29. The molecule has 10 heteroatoms. The highest BCUT2D eigenvalue weighted by Gasteiger charge is 2.21. The maximum absolute atomic E-state index is 12.7. The van der Waals surface area contributed by atoms with E-state index < -0.39 is 32.5 Å². The van der Waals surface area contributed by atoms with Crippen LogP contribution >= 0.6 is 7.82 Å². The van der Waals surface area contributed by atoms with Crippen LogP contribution in [0.2, 0.25) is 0 Å². The molecule has 0 heterocycles. The van der Waals surface area contributed by atoms with Gasteiger partial charge in [0.2, 0.25) is 0 Å². The normalized spacial score (nSPS) is 14.3. The lowest BCUT2D eigenvalue weighted by atomic mass is 10.0. The van der Waals surface area contributed by atoms with E-state index in [2.05, 4.69) is 123 Å². The first-order valence-electron chi connectivity index (χ1n) is 26.1. The van der Waals surface area contributed by atoms with Crippen LogP contribution in [0.3, 0.4) is 0 Å². The van der Waals surface area contributed by atoms with Gasteiger partial charge >= 0.3 is 11.9 Å². The molecule has 0 aromatic rings. The van der Waals surface area contributed by atoms with Crippen LogP contribution in [0, 0.1) is 0 Å². The maximum Gasteiger partial charge on any atom is 0.306 e. The van der Waals surface area contributed by atoms with E-state index in [9.17, 15) is 19.0 Å². The summed E-state index contributed by atoms with van der Waals surface area (Å²) < 4.78 is 33.9. The molecule has 9 nitrogen and oxygen atoms in total. The minimum Gasteiger partial charge on any atom is -0.756 e. The van der Waals surface area contributed by atoms with Gasteiger partial charge in [0.05, 0.1) is 27.7 Å². The molecule has 382 valence electrons. The van der Waals surface area contributed by atoms with Crippen molar-refractivity contribution in [2.24, 2.45) is 0 Å². The van der Waals surface area contributed by atoms with Crippen molar-refractivity contribution in [1.82, 2.24) is 0 Å². The molecule has 0 amide bonds. The van der Waals surface area contributed by atoms with Crippen molar-refractivity contribution in [3.8, 4) is 0 Å². The summed E-state index contributed by atoms with van der Waals surface area (Å²) in [6, 6.07) is 0. The summed E-state index contributed by atoms with van der Waals surface area (Å²) in [4.78, 5) is 37.6. The topological polar surface area (TPSA) is 111 Å². The molecular formula is C57H96NO8P. The standard InChI is InChI=1S/C57H96NO8P/c1-6-8-10-12-14-16-18-20-21-22-23-24-25-26-27-28-29-30-31-32-33-34-35-36-37-38-40-42-44-46-48-50-57(60)66-55(54-65-67(61,62)64-52-51-58(3,4)5)53-63-56(59)49-47-45-43-41-39-19-17-15-13-11-9-7-2/h8,10,14,16,20-21,23-24,26-27,29-30,32-33,35-36,38,40,55H,6-7,9,11-13,15,17-19,22,25,28,31,34,37,39,41-54H2,1-5H3/b10-8-,16-14-,21-20-,24-23-,27-26-,30-29-,33-32-,36-35-,40-38-. The lowest BCUT2D eigenvalue weighted by Crippen LogP contribution is -2.37. The SMILES string of the molecule is CC/C=C\C/C=C\C/C=C\C/C=C\C/C=C\C/C=C\C/C=C\C/C=C\C/C=C\CCCCCC(=O)OC(COC(=O)CCCCCCCCCCCCCC)COP(=O)([O-])OCC[N+](C)(C)C. The van der Waals surface area contributed by atoms with Crippen molar-refractivity contribution in [2.45, 2.75) is 193 Å². The van der Waals surface area contributed by atoms with Gasteiger partial charge in [-0.25, -0.2) is 0 Å². The number of ether oxygens (including phenoxy) is 2. The number of likely N-dealkylation sites (N-methyl/N-ethyl adjacent to an activating group) is 1. The molecule has 0 spiro atoms. The second-order valence-electron chi connectivity index (χ2n) is 18.2.